The molecule has 1 heteroatoms. The summed E-state index contributed by atoms with van der Waals surface area (Å²) >= 11 is 0. The van der Waals surface area contributed by atoms with Crippen LogP contribution in [0.4, 0.5) is 0 Å². The zero-order valence-electron chi connectivity index (χ0n) is 15.7. The van der Waals surface area contributed by atoms with Crippen LogP contribution >= 0.6 is 0 Å². The van der Waals surface area contributed by atoms with E-state index in [0.717, 1.165) is 6.54 Å². The SMILES string of the molecule is CCCCCCNC(c1ccccc1)(c1ccccc1)c1ccccc1. The molecule has 0 saturated heterocycles. The van der Waals surface area contributed by atoms with Crippen LogP contribution in [0, 0.1) is 0 Å². The lowest BCUT2D eigenvalue weighted by Gasteiger charge is -2.37. The molecule has 0 fully saturated rings. The van der Waals surface area contributed by atoms with Gasteiger partial charge in [0.2, 0.25) is 0 Å². The Balaban J connectivity index is 2.06. The summed E-state index contributed by atoms with van der Waals surface area (Å²) in [6.45, 7) is 3.26. The Bertz CT molecular complexity index is 653. The Hall–Kier alpha value is -2.38. The highest BCUT2D eigenvalue weighted by Gasteiger charge is 2.35. The van der Waals surface area contributed by atoms with E-state index in [1.165, 1.54) is 42.4 Å². The third-order valence-electron chi connectivity index (χ3n) is 5.04. The van der Waals surface area contributed by atoms with Gasteiger partial charge in [0.15, 0.2) is 0 Å². The average molecular weight is 344 g/mol. The molecule has 0 unspecified atom stereocenters. The van der Waals surface area contributed by atoms with E-state index in [4.69, 9.17) is 0 Å². The monoisotopic (exact) mass is 343 g/mol. The van der Waals surface area contributed by atoms with E-state index in [-0.39, 0.29) is 5.54 Å². The molecule has 0 aromatic heterocycles. The summed E-state index contributed by atoms with van der Waals surface area (Å²) in [6, 6.07) is 32.5. The third-order valence-corrected chi connectivity index (χ3v) is 5.04. The second-order valence-electron chi connectivity index (χ2n) is 6.84. The number of hydrogen-bond donors (Lipinski definition) is 1. The largest absolute Gasteiger partial charge is 0.300 e. The molecule has 3 aromatic carbocycles. The molecule has 0 amide bonds. The normalized spacial score (nSPS) is 11.4. The first kappa shape index (κ1) is 18.4. The molecule has 0 heterocycles. The Kier molecular flexibility index (Phi) is 6.62. The number of hydrogen-bond acceptors (Lipinski definition) is 1. The molecule has 0 atom stereocenters. The fourth-order valence-corrected chi connectivity index (χ4v) is 3.70. The van der Waals surface area contributed by atoms with Crippen LogP contribution < -0.4 is 5.32 Å². The van der Waals surface area contributed by atoms with E-state index in [9.17, 15) is 0 Å². The summed E-state index contributed by atoms with van der Waals surface area (Å²) in [5.41, 5.74) is 3.53. The van der Waals surface area contributed by atoms with E-state index in [1.807, 2.05) is 0 Å². The smallest absolute Gasteiger partial charge is 0.0947 e. The molecule has 26 heavy (non-hydrogen) atoms. The van der Waals surface area contributed by atoms with Crippen LogP contribution in [-0.4, -0.2) is 6.54 Å². The lowest BCUT2D eigenvalue weighted by molar-refractivity contribution is 0.457. The molecule has 1 N–H and O–H groups in total. The molecule has 0 bridgehead atoms. The van der Waals surface area contributed by atoms with Gasteiger partial charge < -0.3 is 0 Å². The van der Waals surface area contributed by atoms with Crippen LogP contribution in [0.5, 0.6) is 0 Å². The maximum atomic E-state index is 3.94. The van der Waals surface area contributed by atoms with Crippen molar-refractivity contribution in [3.05, 3.63) is 108 Å². The topological polar surface area (TPSA) is 12.0 Å². The standard InChI is InChI=1S/C25H29N/c1-2-3-4-14-21-26-25(22-15-8-5-9-16-22,23-17-10-6-11-18-23)24-19-12-7-13-20-24/h5-13,15-20,26H,2-4,14,21H2,1H3. The van der Waals surface area contributed by atoms with Gasteiger partial charge in [-0.3, -0.25) is 5.32 Å². The van der Waals surface area contributed by atoms with Crippen molar-refractivity contribution in [3.63, 3.8) is 0 Å². The van der Waals surface area contributed by atoms with E-state index in [2.05, 4.69) is 103 Å². The van der Waals surface area contributed by atoms with Crippen LogP contribution in [-0.2, 0) is 5.54 Å². The lowest BCUT2D eigenvalue weighted by Crippen LogP contribution is -2.45. The molecule has 3 rings (SSSR count). The molecule has 0 saturated carbocycles. The van der Waals surface area contributed by atoms with E-state index >= 15 is 0 Å². The van der Waals surface area contributed by atoms with Gasteiger partial charge in [-0.2, -0.15) is 0 Å². The van der Waals surface area contributed by atoms with Crippen LogP contribution in [0.15, 0.2) is 91.0 Å². The summed E-state index contributed by atoms with van der Waals surface area (Å²) < 4.78 is 0. The highest BCUT2D eigenvalue weighted by Crippen LogP contribution is 2.36. The first-order valence-electron chi connectivity index (χ1n) is 9.79. The van der Waals surface area contributed by atoms with Crippen molar-refractivity contribution < 1.29 is 0 Å². The number of unbranched alkanes of at least 4 members (excludes halogenated alkanes) is 3. The minimum Gasteiger partial charge on any atom is -0.300 e. The van der Waals surface area contributed by atoms with Crippen molar-refractivity contribution >= 4 is 0 Å². The zero-order chi connectivity index (χ0) is 18.1. The molecule has 134 valence electrons. The lowest BCUT2D eigenvalue weighted by atomic mass is 9.77. The summed E-state index contributed by atoms with van der Waals surface area (Å²) in [5.74, 6) is 0. The van der Waals surface area contributed by atoms with Crippen molar-refractivity contribution in [1.29, 1.82) is 0 Å². The number of nitrogens with one attached hydrogen (secondary N) is 1. The van der Waals surface area contributed by atoms with Gasteiger partial charge >= 0.3 is 0 Å². The van der Waals surface area contributed by atoms with E-state index in [0.29, 0.717) is 0 Å². The van der Waals surface area contributed by atoms with Crippen LogP contribution in [0.2, 0.25) is 0 Å². The van der Waals surface area contributed by atoms with Crippen LogP contribution in [0.25, 0.3) is 0 Å². The van der Waals surface area contributed by atoms with Crippen molar-refractivity contribution in [3.8, 4) is 0 Å². The minimum atomic E-state index is -0.323. The molecule has 0 aliphatic carbocycles. The van der Waals surface area contributed by atoms with Crippen LogP contribution in [0.3, 0.4) is 0 Å². The molecular weight excluding hydrogens is 314 g/mol. The average Bonchev–Trinajstić information content (AvgIpc) is 2.73. The quantitative estimate of drug-likeness (QED) is 0.363. The number of rotatable bonds is 9. The Morgan fingerprint density at radius 3 is 1.38 bits per heavy atom. The second-order valence-corrected chi connectivity index (χ2v) is 6.84. The van der Waals surface area contributed by atoms with Gasteiger partial charge in [0, 0.05) is 0 Å². The van der Waals surface area contributed by atoms with E-state index < -0.39 is 0 Å². The van der Waals surface area contributed by atoms with Gasteiger partial charge in [-0.05, 0) is 29.7 Å². The zero-order valence-corrected chi connectivity index (χ0v) is 15.7. The molecule has 0 aliphatic heterocycles. The first-order valence-corrected chi connectivity index (χ1v) is 9.79. The second kappa shape index (κ2) is 9.35. The summed E-state index contributed by atoms with van der Waals surface area (Å²) in [7, 11) is 0. The molecule has 0 aliphatic rings. The maximum absolute atomic E-state index is 3.94. The van der Waals surface area contributed by atoms with Gasteiger partial charge in [0.05, 0.1) is 5.54 Å². The Labute approximate surface area is 158 Å². The summed E-state index contributed by atoms with van der Waals surface area (Å²) in [6.07, 6.45) is 5.04. The predicted molar refractivity (Wildman–Crippen MR) is 111 cm³/mol. The van der Waals surface area contributed by atoms with Crippen LogP contribution in [0.1, 0.15) is 49.3 Å². The van der Waals surface area contributed by atoms with E-state index in [1.54, 1.807) is 0 Å². The predicted octanol–water partition coefficient (Wildman–Crippen LogP) is 6.15. The van der Waals surface area contributed by atoms with Crippen molar-refractivity contribution in [2.45, 2.75) is 38.1 Å². The third kappa shape index (κ3) is 4.05. The van der Waals surface area contributed by atoms with Crippen molar-refractivity contribution in [2.75, 3.05) is 6.54 Å². The molecule has 0 spiro atoms. The Morgan fingerprint density at radius 2 is 1.00 bits per heavy atom. The fraction of sp³-hybridized carbons (Fsp3) is 0.280. The minimum absolute atomic E-state index is 0.323. The highest BCUT2D eigenvalue weighted by molar-refractivity contribution is 5.49. The first-order chi connectivity index (χ1) is 12.9. The van der Waals surface area contributed by atoms with Crippen molar-refractivity contribution in [2.24, 2.45) is 0 Å². The van der Waals surface area contributed by atoms with Gasteiger partial charge in [-0.15, -0.1) is 0 Å². The molecule has 0 radical (unpaired) electrons. The highest BCUT2D eigenvalue weighted by atomic mass is 15.0. The van der Waals surface area contributed by atoms with Gasteiger partial charge in [-0.25, -0.2) is 0 Å². The molecular formula is C25H29N. The van der Waals surface area contributed by atoms with Gasteiger partial charge in [0.1, 0.15) is 0 Å². The summed E-state index contributed by atoms with van der Waals surface area (Å²) in [5, 5.41) is 3.94. The maximum Gasteiger partial charge on any atom is 0.0947 e. The fourth-order valence-electron chi connectivity index (χ4n) is 3.70. The number of benzene rings is 3. The molecule has 3 aromatic rings. The van der Waals surface area contributed by atoms with Gasteiger partial charge in [-0.1, -0.05) is 117 Å². The Morgan fingerprint density at radius 1 is 0.577 bits per heavy atom. The van der Waals surface area contributed by atoms with Gasteiger partial charge in [0.25, 0.3) is 0 Å². The van der Waals surface area contributed by atoms with Crippen molar-refractivity contribution in [1.82, 2.24) is 5.32 Å². The summed E-state index contributed by atoms with van der Waals surface area (Å²) in [4.78, 5) is 0. The molecule has 1 nitrogen and oxygen atoms in total.